The molecule has 0 N–H and O–H groups in total. The van der Waals surface area contributed by atoms with E-state index in [9.17, 15) is 0 Å². The molecule has 1 aromatic rings. The summed E-state index contributed by atoms with van der Waals surface area (Å²) in [6, 6.07) is 4.52. The van der Waals surface area contributed by atoms with Crippen molar-refractivity contribution in [1.82, 2.24) is 15.1 Å². The van der Waals surface area contributed by atoms with Crippen LogP contribution in [0.5, 0.6) is 0 Å². The highest BCUT2D eigenvalue weighted by atomic mass is 35.5. The van der Waals surface area contributed by atoms with E-state index in [1.54, 1.807) is 6.07 Å². The van der Waals surface area contributed by atoms with E-state index in [4.69, 9.17) is 11.6 Å². The predicted molar refractivity (Wildman–Crippen MR) is 56.1 cm³/mol. The first-order valence-electron chi connectivity index (χ1n) is 5.01. The van der Waals surface area contributed by atoms with E-state index in [1.165, 1.54) is 12.8 Å². The van der Waals surface area contributed by atoms with Gasteiger partial charge in [-0.1, -0.05) is 18.5 Å². The van der Waals surface area contributed by atoms with Gasteiger partial charge in [0.25, 0.3) is 0 Å². The van der Waals surface area contributed by atoms with Crippen molar-refractivity contribution in [3.05, 3.63) is 23.0 Å². The van der Waals surface area contributed by atoms with E-state index in [0.29, 0.717) is 5.15 Å². The zero-order valence-electron chi connectivity index (χ0n) is 8.28. The summed E-state index contributed by atoms with van der Waals surface area (Å²) in [6.07, 6.45) is 2.66. The number of halogens is 1. The highest BCUT2D eigenvalue weighted by molar-refractivity contribution is 6.29. The molecule has 0 aliphatic heterocycles. The highest BCUT2D eigenvalue weighted by Crippen LogP contribution is 2.27. The first-order valence-corrected chi connectivity index (χ1v) is 5.39. The minimum Gasteiger partial charge on any atom is -0.295 e. The maximum Gasteiger partial charge on any atom is 0.151 e. The fourth-order valence-corrected chi connectivity index (χ4v) is 1.68. The molecule has 0 atom stereocenters. The van der Waals surface area contributed by atoms with Gasteiger partial charge in [0.15, 0.2) is 5.15 Å². The Kier molecular flexibility index (Phi) is 2.99. The summed E-state index contributed by atoms with van der Waals surface area (Å²) in [6.45, 7) is 4.15. The van der Waals surface area contributed by atoms with Crippen molar-refractivity contribution in [2.75, 3.05) is 6.54 Å². The smallest absolute Gasteiger partial charge is 0.151 e. The van der Waals surface area contributed by atoms with E-state index in [1.807, 2.05) is 6.07 Å². The van der Waals surface area contributed by atoms with Gasteiger partial charge in [-0.2, -0.15) is 5.10 Å². The molecule has 3 nitrogen and oxygen atoms in total. The lowest BCUT2D eigenvalue weighted by atomic mass is 10.3. The van der Waals surface area contributed by atoms with Gasteiger partial charge in [-0.3, -0.25) is 4.90 Å². The van der Waals surface area contributed by atoms with E-state index in [-0.39, 0.29) is 0 Å². The van der Waals surface area contributed by atoms with Crippen LogP contribution in [0.25, 0.3) is 0 Å². The summed E-state index contributed by atoms with van der Waals surface area (Å²) in [5.41, 5.74) is 1.00. The Hall–Kier alpha value is -0.670. The Balaban J connectivity index is 1.98. The standard InChI is InChI=1S/C10H14ClN3/c1-2-14(9-4-5-9)7-8-3-6-10(11)13-12-8/h3,6,9H,2,4-5,7H2,1H3. The van der Waals surface area contributed by atoms with Crippen LogP contribution in [-0.4, -0.2) is 27.7 Å². The van der Waals surface area contributed by atoms with Crippen LogP contribution in [0.4, 0.5) is 0 Å². The summed E-state index contributed by atoms with van der Waals surface area (Å²) in [4.78, 5) is 2.43. The molecular weight excluding hydrogens is 198 g/mol. The van der Waals surface area contributed by atoms with Crippen molar-refractivity contribution < 1.29 is 0 Å². The van der Waals surface area contributed by atoms with Crippen molar-refractivity contribution in [1.29, 1.82) is 0 Å². The van der Waals surface area contributed by atoms with Crippen molar-refractivity contribution in [2.24, 2.45) is 0 Å². The zero-order chi connectivity index (χ0) is 9.97. The molecule has 0 saturated heterocycles. The second kappa shape index (κ2) is 4.24. The van der Waals surface area contributed by atoms with Gasteiger partial charge >= 0.3 is 0 Å². The van der Waals surface area contributed by atoms with Crippen LogP contribution >= 0.6 is 11.6 Å². The molecule has 1 aliphatic rings. The molecule has 1 aliphatic carbocycles. The molecule has 0 aromatic carbocycles. The van der Waals surface area contributed by atoms with Crippen molar-refractivity contribution >= 4 is 11.6 Å². The van der Waals surface area contributed by atoms with Crippen LogP contribution < -0.4 is 0 Å². The second-order valence-electron chi connectivity index (χ2n) is 3.64. The molecule has 2 rings (SSSR count). The molecule has 14 heavy (non-hydrogen) atoms. The first-order chi connectivity index (χ1) is 6.79. The van der Waals surface area contributed by atoms with Crippen LogP contribution in [0.3, 0.4) is 0 Å². The Bertz CT molecular complexity index is 295. The Morgan fingerprint density at radius 1 is 1.43 bits per heavy atom. The lowest BCUT2D eigenvalue weighted by Crippen LogP contribution is -2.25. The highest BCUT2D eigenvalue weighted by Gasteiger charge is 2.27. The van der Waals surface area contributed by atoms with Gasteiger partial charge in [-0.15, -0.1) is 5.10 Å². The number of rotatable bonds is 4. The molecule has 1 aromatic heterocycles. The number of hydrogen-bond donors (Lipinski definition) is 0. The maximum absolute atomic E-state index is 5.67. The number of nitrogens with zero attached hydrogens (tertiary/aromatic N) is 3. The van der Waals surface area contributed by atoms with Crippen LogP contribution in [0.2, 0.25) is 5.15 Å². The second-order valence-corrected chi connectivity index (χ2v) is 4.03. The van der Waals surface area contributed by atoms with E-state index >= 15 is 0 Å². The summed E-state index contributed by atoms with van der Waals surface area (Å²) in [7, 11) is 0. The van der Waals surface area contributed by atoms with Gasteiger partial charge in [0.1, 0.15) is 0 Å². The van der Waals surface area contributed by atoms with Crippen LogP contribution in [0, 0.1) is 0 Å². The fourth-order valence-electron chi connectivity index (χ4n) is 1.57. The van der Waals surface area contributed by atoms with Crippen LogP contribution in [0.15, 0.2) is 12.1 Å². The van der Waals surface area contributed by atoms with Crippen LogP contribution in [0.1, 0.15) is 25.5 Å². The number of hydrogen-bond acceptors (Lipinski definition) is 3. The van der Waals surface area contributed by atoms with Gasteiger partial charge in [-0.25, -0.2) is 0 Å². The van der Waals surface area contributed by atoms with Gasteiger partial charge in [0.2, 0.25) is 0 Å². The molecule has 0 unspecified atom stereocenters. The van der Waals surface area contributed by atoms with E-state index < -0.39 is 0 Å². The molecule has 76 valence electrons. The summed E-state index contributed by atoms with van der Waals surface area (Å²) < 4.78 is 0. The molecule has 0 radical (unpaired) electrons. The Morgan fingerprint density at radius 3 is 2.71 bits per heavy atom. The van der Waals surface area contributed by atoms with Gasteiger partial charge in [0, 0.05) is 12.6 Å². The average molecular weight is 212 g/mol. The first kappa shape index (κ1) is 9.87. The minimum absolute atomic E-state index is 0.461. The van der Waals surface area contributed by atoms with Crippen LogP contribution in [-0.2, 0) is 6.54 Å². The topological polar surface area (TPSA) is 29.0 Å². The third-order valence-corrected chi connectivity index (χ3v) is 2.72. The molecule has 1 heterocycles. The van der Waals surface area contributed by atoms with Crippen molar-refractivity contribution in [2.45, 2.75) is 32.4 Å². The molecule has 0 amide bonds. The average Bonchev–Trinajstić information content (AvgIpc) is 3.01. The monoisotopic (exact) mass is 211 g/mol. The third-order valence-electron chi connectivity index (χ3n) is 2.52. The van der Waals surface area contributed by atoms with Gasteiger partial charge in [-0.05, 0) is 31.5 Å². The maximum atomic E-state index is 5.67. The van der Waals surface area contributed by atoms with Crippen molar-refractivity contribution in [3.8, 4) is 0 Å². The van der Waals surface area contributed by atoms with Gasteiger partial charge < -0.3 is 0 Å². The lowest BCUT2D eigenvalue weighted by molar-refractivity contribution is 0.265. The Labute approximate surface area is 89.1 Å². The van der Waals surface area contributed by atoms with E-state index in [0.717, 1.165) is 24.8 Å². The lowest BCUT2D eigenvalue weighted by Gasteiger charge is -2.18. The molecule has 0 spiro atoms. The molecule has 0 bridgehead atoms. The predicted octanol–water partition coefficient (Wildman–Crippen LogP) is 2.11. The molecular formula is C10H14ClN3. The Morgan fingerprint density at radius 2 is 2.21 bits per heavy atom. The quantitative estimate of drug-likeness (QED) is 0.764. The summed E-state index contributed by atoms with van der Waals surface area (Å²) >= 11 is 5.67. The van der Waals surface area contributed by atoms with Crippen molar-refractivity contribution in [3.63, 3.8) is 0 Å². The summed E-state index contributed by atoms with van der Waals surface area (Å²) in [5, 5.41) is 8.35. The number of aromatic nitrogens is 2. The minimum atomic E-state index is 0.461. The normalized spacial score (nSPS) is 16.2. The summed E-state index contributed by atoms with van der Waals surface area (Å²) in [5.74, 6) is 0. The molecule has 1 fully saturated rings. The molecule has 4 heteroatoms. The van der Waals surface area contributed by atoms with Gasteiger partial charge in [0.05, 0.1) is 5.69 Å². The fraction of sp³-hybridized carbons (Fsp3) is 0.600. The zero-order valence-corrected chi connectivity index (χ0v) is 9.04. The SMILES string of the molecule is CCN(Cc1ccc(Cl)nn1)C1CC1. The van der Waals surface area contributed by atoms with E-state index in [2.05, 4.69) is 22.0 Å². The third kappa shape index (κ3) is 2.42. The molecule has 1 saturated carbocycles. The largest absolute Gasteiger partial charge is 0.295 e.